The van der Waals surface area contributed by atoms with Crippen LogP contribution in [0, 0.1) is 0 Å². The molecule has 6 heteroatoms. The zero-order valence-corrected chi connectivity index (χ0v) is 16.5. The van der Waals surface area contributed by atoms with Crippen LogP contribution in [-0.4, -0.2) is 29.2 Å². The van der Waals surface area contributed by atoms with Crippen LogP contribution in [0.5, 0.6) is 5.75 Å². The molecule has 0 amide bonds. The van der Waals surface area contributed by atoms with E-state index in [1.54, 1.807) is 26.4 Å². The largest absolute Gasteiger partial charge is 0.497 e. The molecular weight excluding hydrogens is 362 g/mol. The van der Waals surface area contributed by atoms with Crippen molar-refractivity contribution in [1.82, 2.24) is 0 Å². The van der Waals surface area contributed by atoms with Gasteiger partial charge in [0.05, 0.1) is 18.6 Å². The topological polar surface area (TPSA) is 78.6 Å². The smallest absolute Gasteiger partial charge is 0.238 e. The lowest BCUT2D eigenvalue weighted by atomic mass is 9.96. The molecule has 1 aliphatic carbocycles. The molecule has 2 aromatic rings. The first-order valence-electron chi connectivity index (χ1n) is 8.53. The Balaban J connectivity index is 2.04. The van der Waals surface area contributed by atoms with Crippen molar-refractivity contribution in [3.05, 3.63) is 70.3 Å². The second kappa shape index (κ2) is 7.68. The molecule has 1 aliphatic rings. The van der Waals surface area contributed by atoms with Gasteiger partial charge < -0.3 is 9.47 Å². The van der Waals surface area contributed by atoms with Crippen LogP contribution >= 0.6 is 0 Å². The maximum Gasteiger partial charge on any atom is 0.238 e. The number of hydrogen-bond donors (Lipinski definition) is 1. The molecule has 0 atom stereocenters. The monoisotopic (exact) mass is 385 g/mol. The Morgan fingerprint density at radius 2 is 1.85 bits per heavy atom. The minimum absolute atomic E-state index is 0.0966. The van der Waals surface area contributed by atoms with E-state index in [1.807, 2.05) is 12.1 Å². The van der Waals surface area contributed by atoms with Crippen molar-refractivity contribution in [1.29, 1.82) is 0 Å². The third-order valence-electron chi connectivity index (χ3n) is 4.64. The van der Waals surface area contributed by atoms with Gasteiger partial charge in [0.1, 0.15) is 5.75 Å². The molecule has 0 bridgehead atoms. The average molecular weight is 385 g/mol. The van der Waals surface area contributed by atoms with Gasteiger partial charge in [0.25, 0.3) is 0 Å². The SMILES string of the molecule is COCC(=Cc1ccc(S(N)(=O)=O)cc1)C1=C(C)Cc2ccc(OC)cc21. The zero-order valence-electron chi connectivity index (χ0n) is 15.7. The lowest BCUT2D eigenvalue weighted by Gasteiger charge is -2.13. The maximum atomic E-state index is 11.4. The van der Waals surface area contributed by atoms with Crippen LogP contribution < -0.4 is 9.88 Å². The Kier molecular flexibility index (Phi) is 5.51. The lowest BCUT2D eigenvalue weighted by Crippen LogP contribution is -2.11. The van der Waals surface area contributed by atoms with Gasteiger partial charge in [-0.3, -0.25) is 0 Å². The standard InChI is InChI=1S/C21H23NO4S/c1-14-10-16-6-7-18(26-3)12-20(16)21(14)17(13-25-2)11-15-4-8-19(9-5-15)27(22,23)24/h4-9,11-12H,10,13H2,1-3H3,(H2,22,23,24). The summed E-state index contributed by atoms with van der Waals surface area (Å²) in [5.41, 5.74) is 6.74. The minimum atomic E-state index is -3.70. The number of rotatable bonds is 6. The number of hydrogen-bond acceptors (Lipinski definition) is 4. The summed E-state index contributed by atoms with van der Waals surface area (Å²) in [6, 6.07) is 12.6. The van der Waals surface area contributed by atoms with Crippen molar-refractivity contribution in [2.75, 3.05) is 20.8 Å². The van der Waals surface area contributed by atoms with Gasteiger partial charge >= 0.3 is 0 Å². The van der Waals surface area contributed by atoms with Crippen molar-refractivity contribution >= 4 is 21.7 Å². The first kappa shape index (κ1) is 19.4. The minimum Gasteiger partial charge on any atom is -0.497 e. The number of sulfonamides is 1. The normalized spacial score (nSPS) is 14.4. The molecule has 0 aromatic heterocycles. The van der Waals surface area contributed by atoms with Crippen LogP contribution in [0.2, 0.25) is 0 Å². The van der Waals surface area contributed by atoms with Gasteiger partial charge in [-0.2, -0.15) is 0 Å². The van der Waals surface area contributed by atoms with E-state index in [4.69, 9.17) is 14.6 Å². The zero-order chi connectivity index (χ0) is 19.6. The van der Waals surface area contributed by atoms with Gasteiger partial charge in [0.2, 0.25) is 10.0 Å². The fourth-order valence-electron chi connectivity index (χ4n) is 3.42. The highest BCUT2D eigenvalue weighted by Gasteiger charge is 2.22. The number of fused-ring (bicyclic) bond motifs is 1. The van der Waals surface area contributed by atoms with E-state index >= 15 is 0 Å². The van der Waals surface area contributed by atoms with Crippen molar-refractivity contribution < 1.29 is 17.9 Å². The first-order chi connectivity index (χ1) is 12.8. The number of nitrogens with two attached hydrogens (primary N) is 1. The van der Waals surface area contributed by atoms with Crippen LogP contribution in [0.15, 0.2) is 58.5 Å². The van der Waals surface area contributed by atoms with E-state index in [9.17, 15) is 8.42 Å². The summed E-state index contributed by atoms with van der Waals surface area (Å²) >= 11 is 0. The third kappa shape index (κ3) is 4.13. The molecule has 0 spiro atoms. The molecule has 0 heterocycles. The Bertz CT molecular complexity index is 1020. The van der Waals surface area contributed by atoms with Crippen LogP contribution in [0.25, 0.3) is 11.6 Å². The fraction of sp³-hybridized carbons (Fsp3) is 0.238. The molecule has 0 aliphatic heterocycles. The van der Waals surface area contributed by atoms with Gasteiger partial charge in [-0.25, -0.2) is 13.6 Å². The number of benzene rings is 2. The van der Waals surface area contributed by atoms with Crippen LogP contribution in [0.4, 0.5) is 0 Å². The Morgan fingerprint density at radius 3 is 2.44 bits per heavy atom. The van der Waals surface area contributed by atoms with E-state index in [2.05, 4.69) is 19.1 Å². The van der Waals surface area contributed by atoms with Crippen molar-refractivity contribution in [2.24, 2.45) is 5.14 Å². The van der Waals surface area contributed by atoms with Crippen LogP contribution in [0.3, 0.4) is 0 Å². The number of primary sulfonamides is 1. The molecule has 0 fully saturated rings. The predicted molar refractivity (Wildman–Crippen MR) is 107 cm³/mol. The van der Waals surface area contributed by atoms with E-state index in [0.717, 1.165) is 34.4 Å². The van der Waals surface area contributed by atoms with E-state index in [1.165, 1.54) is 23.3 Å². The molecule has 0 radical (unpaired) electrons. The second-order valence-corrected chi connectivity index (χ2v) is 8.13. The van der Waals surface area contributed by atoms with E-state index in [0.29, 0.717) is 6.61 Å². The first-order valence-corrected chi connectivity index (χ1v) is 10.1. The van der Waals surface area contributed by atoms with Crippen LogP contribution in [-0.2, 0) is 21.2 Å². The van der Waals surface area contributed by atoms with Crippen molar-refractivity contribution in [2.45, 2.75) is 18.2 Å². The molecule has 2 aromatic carbocycles. The number of ether oxygens (including phenoxy) is 2. The molecule has 27 heavy (non-hydrogen) atoms. The summed E-state index contributed by atoms with van der Waals surface area (Å²) in [5.74, 6) is 0.815. The Labute approximate surface area is 160 Å². The maximum absolute atomic E-state index is 11.4. The number of methoxy groups -OCH3 is 2. The van der Waals surface area contributed by atoms with E-state index in [-0.39, 0.29) is 4.90 Å². The van der Waals surface area contributed by atoms with Crippen molar-refractivity contribution in [3.8, 4) is 5.75 Å². The third-order valence-corrected chi connectivity index (χ3v) is 5.57. The summed E-state index contributed by atoms with van der Waals surface area (Å²) in [4.78, 5) is 0.0966. The van der Waals surface area contributed by atoms with Gasteiger partial charge in [0.15, 0.2) is 0 Å². The van der Waals surface area contributed by atoms with E-state index < -0.39 is 10.0 Å². The van der Waals surface area contributed by atoms with Gasteiger partial charge in [-0.05, 0) is 71.5 Å². The molecule has 142 valence electrons. The Morgan fingerprint density at radius 1 is 1.15 bits per heavy atom. The summed E-state index contributed by atoms with van der Waals surface area (Å²) in [6.45, 7) is 2.57. The molecule has 0 unspecified atom stereocenters. The lowest BCUT2D eigenvalue weighted by molar-refractivity contribution is 0.229. The summed E-state index contributed by atoms with van der Waals surface area (Å²) in [7, 11) is -0.378. The van der Waals surface area contributed by atoms with Crippen LogP contribution in [0.1, 0.15) is 23.6 Å². The molecule has 0 saturated heterocycles. The summed E-state index contributed by atoms with van der Waals surface area (Å²) in [5, 5.41) is 5.17. The Hall–Kier alpha value is -2.41. The number of allylic oxidation sites excluding steroid dienone is 1. The fourth-order valence-corrected chi connectivity index (χ4v) is 3.93. The molecule has 3 rings (SSSR count). The quantitative estimate of drug-likeness (QED) is 0.827. The molecule has 0 saturated carbocycles. The van der Waals surface area contributed by atoms with Gasteiger partial charge in [-0.1, -0.05) is 23.8 Å². The van der Waals surface area contributed by atoms with Gasteiger partial charge in [-0.15, -0.1) is 0 Å². The van der Waals surface area contributed by atoms with Crippen molar-refractivity contribution in [3.63, 3.8) is 0 Å². The predicted octanol–water partition coefficient (Wildman–Crippen LogP) is 3.40. The highest BCUT2D eigenvalue weighted by atomic mass is 32.2. The molecule has 2 N–H and O–H groups in total. The second-order valence-electron chi connectivity index (χ2n) is 6.57. The highest BCUT2D eigenvalue weighted by Crippen LogP contribution is 2.40. The average Bonchev–Trinajstić information content (AvgIpc) is 2.95. The molecule has 5 nitrogen and oxygen atoms in total. The summed E-state index contributed by atoms with van der Waals surface area (Å²) in [6.07, 6.45) is 2.91. The van der Waals surface area contributed by atoms with Gasteiger partial charge in [0, 0.05) is 7.11 Å². The summed E-state index contributed by atoms with van der Waals surface area (Å²) < 4.78 is 33.7. The highest BCUT2D eigenvalue weighted by molar-refractivity contribution is 7.89. The molecular formula is C21H23NO4S.